The number of halogens is 1. The lowest BCUT2D eigenvalue weighted by Gasteiger charge is -2.60. The van der Waals surface area contributed by atoms with Gasteiger partial charge in [0.05, 0.1) is 13.2 Å². The highest BCUT2D eigenvalue weighted by Gasteiger charge is 2.65. The summed E-state index contributed by atoms with van der Waals surface area (Å²) in [4.78, 5) is 23.3. The summed E-state index contributed by atoms with van der Waals surface area (Å²) in [5, 5.41) is 29.7. The number of methoxy groups -OCH3 is 1. The monoisotopic (exact) mass is 750 g/mol. The molecule has 1 aromatic rings. The van der Waals surface area contributed by atoms with Gasteiger partial charge in [-0.2, -0.15) is 0 Å². The van der Waals surface area contributed by atoms with E-state index >= 15 is 0 Å². The zero-order valence-corrected chi connectivity index (χ0v) is 34.0. The molecule has 49 heavy (non-hydrogen) atoms. The zero-order chi connectivity index (χ0) is 38.0. The highest BCUT2D eigenvalue weighted by Crippen LogP contribution is 2.66. The van der Waals surface area contributed by atoms with Gasteiger partial charge in [0, 0.05) is 34.7 Å². The van der Waals surface area contributed by atoms with Crippen LogP contribution in [-0.2, 0) is 25.6 Å². The first-order valence-corrected chi connectivity index (χ1v) is 18.9. The van der Waals surface area contributed by atoms with Crippen LogP contribution in [0.15, 0.2) is 57.7 Å². The number of ether oxygens (including phenoxy) is 1. The number of carbonyl (C=O) groups is 2. The second kappa shape index (κ2) is 22.5. The number of aliphatic hydroxyl groups is 2. The van der Waals surface area contributed by atoms with Crippen molar-refractivity contribution in [2.24, 2.45) is 33.7 Å². The molecule has 3 N–H and O–H groups in total. The molecule has 4 aliphatic carbocycles. The molecule has 8 atom stereocenters. The third-order valence-corrected chi connectivity index (χ3v) is 11.0. The smallest absolute Gasteiger partial charge is 0.302 e. The largest absolute Gasteiger partial charge is 0.469 e. The molecule has 1 aromatic carbocycles. The van der Waals surface area contributed by atoms with E-state index in [9.17, 15) is 15.0 Å². The summed E-state index contributed by atoms with van der Waals surface area (Å²) < 4.78 is 5.19. The highest BCUT2D eigenvalue weighted by molar-refractivity contribution is 9.10. The molecule has 5 rings (SSSR count). The predicted octanol–water partition coefficient (Wildman–Crippen LogP) is 8.83. The molecule has 0 amide bonds. The summed E-state index contributed by atoms with van der Waals surface area (Å²) >= 11 is 3.52. The van der Waals surface area contributed by atoms with Gasteiger partial charge in [0.25, 0.3) is 0 Å². The van der Waals surface area contributed by atoms with Crippen molar-refractivity contribution in [3.05, 3.63) is 58.1 Å². The van der Waals surface area contributed by atoms with Crippen molar-refractivity contribution in [3.8, 4) is 0 Å². The molecule has 0 bridgehead atoms. The van der Waals surface area contributed by atoms with Gasteiger partial charge in [-0.3, -0.25) is 10.1 Å². The first-order chi connectivity index (χ1) is 23.3. The topological polar surface area (TPSA) is 117 Å². The molecule has 0 heterocycles. The fourth-order valence-corrected chi connectivity index (χ4v) is 8.76. The molecule has 0 radical (unpaired) electrons. The van der Waals surface area contributed by atoms with Crippen LogP contribution in [0.25, 0.3) is 0 Å². The van der Waals surface area contributed by atoms with Crippen LogP contribution in [-0.4, -0.2) is 60.3 Å². The van der Waals surface area contributed by atoms with Gasteiger partial charge in [-0.15, -0.1) is 0 Å². The minimum absolute atomic E-state index is 0.0324. The molecule has 0 aromatic heterocycles. The van der Waals surface area contributed by atoms with Crippen LogP contribution in [0, 0.1) is 28.6 Å². The summed E-state index contributed by atoms with van der Waals surface area (Å²) in [6, 6.07) is 8.27. The van der Waals surface area contributed by atoms with E-state index in [-0.39, 0.29) is 34.4 Å². The SMILES string of the molecule is C=O.CC.CC.CC.CC(O)N[C@]1(C)CCC2C3CCC4=C/C(=N/OCCc5cccc(Br)c5)C=CC4(C)C3C(O)CC21C.COC(C)=O. The first kappa shape index (κ1) is 46.7. The van der Waals surface area contributed by atoms with E-state index in [0.29, 0.717) is 18.4 Å². The van der Waals surface area contributed by atoms with E-state index in [1.807, 2.05) is 60.5 Å². The maximum atomic E-state index is 11.6. The molecule has 0 spiro atoms. The maximum absolute atomic E-state index is 11.6. The Morgan fingerprint density at radius 2 is 1.73 bits per heavy atom. The standard InChI is InChI=1S/C30H41BrN2O3.C3H6O2.3C2H6.CH2O/c1-19(34)32-30(4)14-11-25-24-9-8-21-17-23(33-36-15-12-20-6-5-7-22(31)16-20)10-13-28(21,2)27(24)26(35)18-29(25,30)3;1-3(4)5-2;4*1-2/h5-7,10,13,16-17,19,24-27,32,34-35H,8-9,11-12,14-15,18H2,1-4H3;1-2H3;3*1-2H3;1H2/b33-23+;;;;;/t19?,24?,25?,26?,27?,28?,29?,30-;;;;;/m1...../s1. The van der Waals surface area contributed by atoms with Crippen molar-refractivity contribution in [3.63, 3.8) is 0 Å². The van der Waals surface area contributed by atoms with E-state index < -0.39 is 6.23 Å². The van der Waals surface area contributed by atoms with E-state index in [2.05, 4.69) is 82.3 Å². The lowest BCUT2D eigenvalue weighted by molar-refractivity contribution is -0.137. The summed E-state index contributed by atoms with van der Waals surface area (Å²) in [6.07, 6.45) is 11.5. The molecule has 280 valence electrons. The molecule has 9 heteroatoms. The van der Waals surface area contributed by atoms with Crippen molar-refractivity contribution >= 4 is 34.4 Å². The molecule has 0 saturated heterocycles. The number of allylic oxidation sites excluding steroid dienone is 4. The summed E-state index contributed by atoms with van der Waals surface area (Å²) in [7, 11) is 1.35. The molecule has 7 unspecified atom stereocenters. The zero-order valence-electron chi connectivity index (χ0n) is 32.4. The Morgan fingerprint density at radius 3 is 2.29 bits per heavy atom. The Hall–Kier alpha value is -2.33. The van der Waals surface area contributed by atoms with Crippen molar-refractivity contribution < 1.29 is 29.4 Å². The fourth-order valence-electron chi connectivity index (χ4n) is 8.31. The number of nitrogens with zero attached hydrogens (tertiary/aromatic N) is 1. The number of rotatable bonds is 6. The average Bonchev–Trinajstić information content (AvgIpc) is 3.35. The van der Waals surface area contributed by atoms with E-state index in [4.69, 9.17) is 9.63 Å². The molecule has 4 aliphatic rings. The molecular weight excluding hydrogens is 684 g/mol. The predicted molar refractivity (Wildman–Crippen MR) is 206 cm³/mol. The molecule has 3 fully saturated rings. The van der Waals surface area contributed by atoms with Crippen LogP contribution >= 0.6 is 15.9 Å². The van der Waals surface area contributed by atoms with E-state index in [0.717, 1.165) is 48.7 Å². The lowest BCUT2D eigenvalue weighted by atomic mass is 9.46. The number of benzene rings is 1. The average molecular weight is 752 g/mol. The second-order valence-electron chi connectivity index (χ2n) is 12.9. The number of aliphatic hydroxyl groups excluding tert-OH is 2. The van der Waals surface area contributed by atoms with Gasteiger partial charge in [0.2, 0.25) is 0 Å². The van der Waals surface area contributed by atoms with Gasteiger partial charge in [-0.25, -0.2) is 0 Å². The summed E-state index contributed by atoms with van der Waals surface area (Å²) in [6.45, 7) is 24.6. The van der Waals surface area contributed by atoms with Crippen molar-refractivity contribution in [1.82, 2.24) is 5.32 Å². The Labute approximate surface area is 306 Å². The Balaban J connectivity index is 0.00000156. The number of hydrogen-bond acceptors (Lipinski definition) is 8. The van der Waals surface area contributed by atoms with Crippen LogP contribution in [0.3, 0.4) is 0 Å². The summed E-state index contributed by atoms with van der Waals surface area (Å²) in [5.41, 5.74) is 3.10. The van der Waals surface area contributed by atoms with Gasteiger partial charge in [-0.05, 0) is 93.1 Å². The second-order valence-corrected chi connectivity index (χ2v) is 13.8. The normalized spacial score (nSPS) is 31.5. The number of nitrogens with one attached hydrogen (secondary N) is 1. The van der Waals surface area contributed by atoms with Gasteiger partial charge in [0.1, 0.15) is 25.3 Å². The highest BCUT2D eigenvalue weighted by atomic mass is 79.9. The maximum Gasteiger partial charge on any atom is 0.302 e. The Kier molecular flexibility index (Phi) is 21.4. The lowest BCUT2D eigenvalue weighted by Crippen LogP contribution is -2.63. The molecule has 0 aliphatic heterocycles. The van der Waals surface area contributed by atoms with Crippen LogP contribution < -0.4 is 5.32 Å². The number of oxime groups is 1. The summed E-state index contributed by atoms with van der Waals surface area (Å²) in [5.74, 6) is 0.984. The number of esters is 1. The van der Waals surface area contributed by atoms with Crippen molar-refractivity contribution in [2.75, 3.05) is 13.7 Å². The minimum Gasteiger partial charge on any atom is -0.469 e. The van der Waals surface area contributed by atoms with Crippen LogP contribution in [0.1, 0.15) is 114 Å². The fraction of sp³-hybridized carbons (Fsp3) is 0.675. The van der Waals surface area contributed by atoms with Gasteiger partial charge in [0.15, 0.2) is 0 Å². The Morgan fingerprint density at radius 1 is 1.12 bits per heavy atom. The van der Waals surface area contributed by atoms with Crippen molar-refractivity contribution in [2.45, 2.75) is 133 Å². The number of carbonyl (C=O) groups excluding carboxylic acids is 2. The quantitative estimate of drug-likeness (QED) is 0.115. The minimum atomic E-state index is -0.547. The molecular formula is C40H67BrN2O6. The van der Waals surface area contributed by atoms with Crippen LogP contribution in [0.2, 0.25) is 0 Å². The third kappa shape index (κ3) is 11.6. The van der Waals surface area contributed by atoms with E-state index in [1.165, 1.54) is 25.2 Å². The van der Waals surface area contributed by atoms with Crippen LogP contribution in [0.4, 0.5) is 0 Å². The van der Waals surface area contributed by atoms with Gasteiger partial charge in [-0.1, -0.05) is 100 Å². The van der Waals surface area contributed by atoms with E-state index in [1.54, 1.807) is 6.92 Å². The van der Waals surface area contributed by atoms with Crippen molar-refractivity contribution in [1.29, 1.82) is 0 Å². The number of hydrogen-bond donors (Lipinski definition) is 3. The molecule has 3 saturated carbocycles. The number of fused-ring (bicyclic) bond motifs is 5. The van der Waals surface area contributed by atoms with Gasteiger partial charge >= 0.3 is 5.97 Å². The Bertz CT molecular complexity index is 1220. The molecule has 8 nitrogen and oxygen atoms in total. The first-order valence-electron chi connectivity index (χ1n) is 18.1. The van der Waals surface area contributed by atoms with Gasteiger partial charge < -0.3 is 24.6 Å². The van der Waals surface area contributed by atoms with Crippen LogP contribution in [0.5, 0.6) is 0 Å². The third-order valence-electron chi connectivity index (χ3n) is 10.5.